The lowest BCUT2D eigenvalue weighted by Crippen LogP contribution is -2.18. The highest BCUT2D eigenvalue weighted by molar-refractivity contribution is 5.92. The van der Waals surface area contributed by atoms with E-state index in [0.717, 1.165) is 34.8 Å². The van der Waals surface area contributed by atoms with Gasteiger partial charge in [0.05, 0.1) is 23.4 Å². The molecular weight excluding hydrogens is 322 g/mol. The zero-order chi connectivity index (χ0) is 18.2. The molecule has 3 rings (SSSR count). The zero-order valence-corrected chi connectivity index (χ0v) is 14.8. The van der Waals surface area contributed by atoms with Crippen LogP contribution in [0.3, 0.4) is 0 Å². The molecule has 0 amide bonds. The van der Waals surface area contributed by atoms with Gasteiger partial charge in [-0.15, -0.1) is 0 Å². The van der Waals surface area contributed by atoms with Gasteiger partial charge >= 0.3 is 0 Å². The second-order valence-electron chi connectivity index (χ2n) is 6.77. The fraction of sp³-hybridized carbons (Fsp3) is 0.368. The highest BCUT2D eigenvalue weighted by Crippen LogP contribution is 2.31. The second-order valence-corrected chi connectivity index (χ2v) is 6.77. The highest BCUT2D eigenvalue weighted by Gasteiger charge is 2.23. The number of anilines is 2. The predicted molar refractivity (Wildman–Crippen MR) is 96.7 cm³/mol. The average molecular weight is 344 g/mol. The van der Waals surface area contributed by atoms with E-state index in [1.54, 1.807) is 29.2 Å². The van der Waals surface area contributed by atoms with Crippen molar-refractivity contribution in [1.82, 2.24) is 14.5 Å². The lowest BCUT2D eigenvalue weighted by atomic mass is 10.0. The van der Waals surface area contributed by atoms with Crippen LogP contribution in [-0.2, 0) is 6.54 Å². The molecule has 0 unspecified atom stereocenters. The first-order valence-corrected chi connectivity index (χ1v) is 8.30. The molecule has 3 aromatic heterocycles. The van der Waals surface area contributed by atoms with Crippen LogP contribution < -0.4 is 5.32 Å². The van der Waals surface area contributed by atoms with Gasteiger partial charge in [-0.3, -0.25) is 4.98 Å². The minimum atomic E-state index is -2.77. The van der Waals surface area contributed by atoms with E-state index in [4.69, 9.17) is 0 Å². The van der Waals surface area contributed by atoms with Crippen LogP contribution in [0, 0.1) is 6.92 Å². The molecular formula is C19H22F2N4. The fourth-order valence-corrected chi connectivity index (χ4v) is 2.96. The number of aromatic nitrogens is 3. The van der Waals surface area contributed by atoms with E-state index in [9.17, 15) is 8.78 Å². The summed E-state index contributed by atoms with van der Waals surface area (Å²) in [5, 5.41) is 4.18. The molecule has 0 radical (unpaired) electrons. The minimum Gasteiger partial charge on any atom is -0.341 e. The van der Waals surface area contributed by atoms with Crippen LogP contribution in [0.4, 0.5) is 20.3 Å². The van der Waals surface area contributed by atoms with E-state index in [0.29, 0.717) is 5.82 Å². The quantitative estimate of drug-likeness (QED) is 0.686. The molecule has 0 spiro atoms. The predicted octanol–water partition coefficient (Wildman–Crippen LogP) is 5.26. The van der Waals surface area contributed by atoms with Crippen LogP contribution in [0.25, 0.3) is 10.9 Å². The molecule has 0 aliphatic carbocycles. The second kappa shape index (κ2) is 6.43. The maximum absolute atomic E-state index is 13.4. The molecule has 4 nitrogen and oxygen atoms in total. The smallest absolute Gasteiger partial charge is 0.262 e. The van der Waals surface area contributed by atoms with E-state index >= 15 is 0 Å². The standard InChI is InChI=1S/C19H22F2N4/c1-12(2)16-17(13(3)5-8-22-16)24-18-14-7-10-25(11-19(4,20)21)15(14)6-9-23-18/h5-10,12H,11H2,1-4H3,(H,23,24). The molecule has 3 heterocycles. The summed E-state index contributed by atoms with van der Waals surface area (Å²) in [6.07, 6.45) is 5.10. The molecule has 0 aliphatic heterocycles. The van der Waals surface area contributed by atoms with E-state index in [2.05, 4.69) is 29.1 Å². The Bertz CT molecular complexity index is 894. The van der Waals surface area contributed by atoms with Crippen molar-refractivity contribution in [2.24, 2.45) is 0 Å². The van der Waals surface area contributed by atoms with Crippen LogP contribution >= 0.6 is 0 Å². The fourth-order valence-electron chi connectivity index (χ4n) is 2.96. The van der Waals surface area contributed by atoms with Gasteiger partial charge in [-0.05, 0) is 36.6 Å². The minimum absolute atomic E-state index is 0.255. The Morgan fingerprint density at radius 3 is 2.56 bits per heavy atom. The zero-order valence-electron chi connectivity index (χ0n) is 14.8. The number of nitrogens with zero attached hydrogens (tertiary/aromatic N) is 3. The third-order valence-electron chi connectivity index (χ3n) is 4.12. The summed E-state index contributed by atoms with van der Waals surface area (Å²) in [7, 11) is 0. The van der Waals surface area contributed by atoms with Crippen molar-refractivity contribution < 1.29 is 8.78 Å². The van der Waals surface area contributed by atoms with Crippen LogP contribution in [0.2, 0.25) is 0 Å². The first-order chi connectivity index (χ1) is 11.8. The SMILES string of the molecule is Cc1ccnc(C(C)C)c1Nc1nccc2c1ccn2CC(C)(F)F. The normalized spacial score (nSPS) is 12.1. The van der Waals surface area contributed by atoms with Crippen LogP contribution in [0.5, 0.6) is 0 Å². The number of halogens is 2. The average Bonchev–Trinajstić information content (AvgIpc) is 2.91. The number of nitrogens with one attached hydrogen (secondary N) is 1. The van der Waals surface area contributed by atoms with Gasteiger partial charge in [0.1, 0.15) is 5.82 Å². The molecule has 0 aliphatic rings. The number of aryl methyl sites for hydroxylation is 1. The van der Waals surface area contributed by atoms with Gasteiger partial charge in [-0.2, -0.15) is 0 Å². The number of hydrogen-bond donors (Lipinski definition) is 1. The summed E-state index contributed by atoms with van der Waals surface area (Å²) in [6, 6.07) is 5.51. The summed E-state index contributed by atoms with van der Waals surface area (Å²) in [5.41, 5.74) is 3.67. The van der Waals surface area contributed by atoms with E-state index in [-0.39, 0.29) is 12.5 Å². The van der Waals surface area contributed by atoms with Crippen molar-refractivity contribution >= 4 is 22.4 Å². The van der Waals surface area contributed by atoms with E-state index in [1.165, 1.54) is 0 Å². The van der Waals surface area contributed by atoms with E-state index < -0.39 is 5.92 Å². The summed E-state index contributed by atoms with van der Waals surface area (Å²) < 4.78 is 28.3. The molecule has 0 fully saturated rings. The van der Waals surface area contributed by atoms with Gasteiger partial charge in [0.25, 0.3) is 5.92 Å². The lowest BCUT2D eigenvalue weighted by Gasteiger charge is -2.16. The topological polar surface area (TPSA) is 42.7 Å². The summed E-state index contributed by atoms with van der Waals surface area (Å²) in [6.45, 7) is 6.75. The van der Waals surface area contributed by atoms with Gasteiger partial charge in [-0.25, -0.2) is 13.8 Å². The molecule has 1 N–H and O–H groups in total. The summed E-state index contributed by atoms with van der Waals surface area (Å²) >= 11 is 0. The van der Waals surface area contributed by atoms with Gasteiger partial charge < -0.3 is 9.88 Å². The van der Waals surface area contributed by atoms with Crippen molar-refractivity contribution in [2.45, 2.75) is 46.1 Å². The molecule has 0 bridgehead atoms. The first kappa shape index (κ1) is 17.3. The molecule has 0 aromatic carbocycles. The Morgan fingerprint density at radius 1 is 1.16 bits per heavy atom. The Balaban J connectivity index is 2.04. The molecule has 6 heteroatoms. The Kier molecular flexibility index (Phi) is 4.45. The van der Waals surface area contributed by atoms with Gasteiger partial charge in [0.2, 0.25) is 0 Å². The van der Waals surface area contributed by atoms with Crippen molar-refractivity contribution in [3.8, 4) is 0 Å². The van der Waals surface area contributed by atoms with E-state index in [1.807, 2.05) is 19.1 Å². The van der Waals surface area contributed by atoms with Crippen molar-refractivity contribution in [1.29, 1.82) is 0 Å². The summed E-state index contributed by atoms with van der Waals surface area (Å²) in [4.78, 5) is 8.89. The Hall–Kier alpha value is -2.50. The summed E-state index contributed by atoms with van der Waals surface area (Å²) in [5.74, 6) is -1.87. The Morgan fingerprint density at radius 2 is 1.88 bits per heavy atom. The maximum Gasteiger partial charge on any atom is 0.262 e. The van der Waals surface area contributed by atoms with Crippen LogP contribution in [-0.4, -0.2) is 20.5 Å². The Labute approximate surface area is 145 Å². The maximum atomic E-state index is 13.4. The molecule has 0 atom stereocenters. The number of hydrogen-bond acceptors (Lipinski definition) is 3. The molecule has 132 valence electrons. The van der Waals surface area contributed by atoms with Crippen molar-refractivity contribution in [2.75, 3.05) is 5.32 Å². The molecule has 0 saturated heterocycles. The van der Waals surface area contributed by atoms with Crippen LogP contribution in [0.1, 0.15) is 37.9 Å². The number of fused-ring (bicyclic) bond motifs is 1. The number of alkyl halides is 2. The van der Waals surface area contributed by atoms with Crippen molar-refractivity contribution in [3.63, 3.8) is 0 Å². The molecule has 3 aromatic rings. The first-order valence-electron chi connectivity index (χ1n) is 8.30. The third-order valence-corrected chi connectivity index (χ3v) is 4.12. The molecule has 25 heavy (non-hydrogen) atoms. The monoisotopic (exact) mass is 344 g/mol. The van der Waals surface area contributed by atoms with Crippen LogP contribution in [0.15, 0.2) is 36.8 Å². The number of pyridine rings is 2. The lowest BCUT2D eigenvalue weighted by molar-refractivity contribution is 0.00510. The number of rotatable bonds is 5. The van der Waals surface area contributed by atoms with Gasteiger partial charge in [0, 0.05) is 30.9 Å². The third kappa shape index (κ3) is 3.62. The highest BCUT2D eigenvalue weighted by atomic mass is 19.3. The largest absolute Gasteiger partial charge is 0.341 e. The van der Waals surface area contributed by atoms with Gasteiger partial charge in [-0.1, -0.05) is 13.8 Å². The van der Waals surface area contributed by atoms with Gasteiger partial charge in [0.15, 0.2) is 0 Å². The molecule has 0 saturated carbocycles. The van der Waals surface area contributed by atoms with Crippen molar-refractivity contribution in [3.05, 3.63) is 48.0 Å².